The minimum atomic E-state index is -3.97. The Hall–Kier alpha value is -3.14. The van der Waals surface area contributed by atoms with Crippen LogP contribution in [0.4, 0.5) is 5.69 Å². The molecule has 3 N–H and O–H groups in total. The molecule has 9 nitrogen and oxygen atoms in total. The standard InChI is InChI=1S/C14H12N4O5S/c1-8-12(6-11(23-8)14(19)20)24(21,22)18-10-4-2-9(3-5-10)13-15-7-16-17-13/h2-7,18H,1H3,(H,19,20)(H,15,16,17). The first-order valence-corrected chi connectivity index (χ1v) is 8.17. The van der Waals surface area contributed by atoms with Gasteiger partial charge in [-0.05, 0) is 31.2 Å². The van der Waals surface area contributed by atoms with Crippen molar-refractivity contribution in [1.82, 2.24) is 15.2 Å². The van der Waals surface area contributed by atoms with E-state index in [1.54, 1.807) is 24.3 Å². The van der Waals surface area contributed by atoms with Crippen molar-refractivity contribution in [2.24, 2.45) is 0 Å². The summed E-state index contributed by atoms with van der Waals surface area (Å²) < 4.78 is 32.1. The van der Waals surface area contributed by atoms with Gasteiger partial charge >= 0.3 is 5.97 Å². The number of aromatic amines is 1. The molecule has 0 atom stereocenters. The molecule has 0 aliphatic rings. The first-order valence-electron chi connectivity index (χ1n) is 6.69. The van der Waals surface area contributed by atoms with Crippen LogP contribution in [-0.4, -0.2) is 34.7 Å². The fourth-order valence-electron chi connectivity index (χ4n) is 2.09. The van der Waals surface area contributed by atoms with Crippen LogP contribution in [0.1, 0.15) is 16.3 Å². The highest BCUT2D eigenvalue weighted by molar-refractivity contribution is 7.92. The summed E-state index contributed by atoms with van der Waals surface area (Å²) in [5.74, 6) is -1.22. The molecule has 0 aliphatic carbocycles. The highest BCUT2D eigenvalue weighted by atomic mass is 32.2. The zero-order valence-corrected chi connectivity index (χ0v) is 13.2. The number of aromatic carboxylic acids is 1. The summed E-state index contributed by atoms with van der Waals surface area (Å²) in [5, 5.41) is 15.3. The van der Waals surface area contributed by atoms with Crippen molar-refractivity contribution in [3.05, 3.63) is 48.2 Å². The Balaban J connectivity index is 1.86. The lowest BCUT2D eigenvalue weighted by Gasteiger charge is -2.07. The highest BCUT2D eigenvalue weighted by Gasteiger charge is 2.24. The van der Waals surface area contributed by atoms with E-state index in [0.29, 0.717) is 11.5 Å². The van der Waals surface area contributed by atoms with Crippen LogP contribution >= 0.6 is 0 Å². The molecule has 0 saturated heterocycles. The largest absolute Gasteiger partial charge is 0.475 e. The summed E-state index contributed by atoms with van der Waals surface area (Å²) in [6.07, 6.45) is 1.37. The minimum Gasteiger partial charge on any atom is -0.475 e. The number of aromatic nitrogens is 3. The zero-order valence-electron chi connectivity index (χ0n) is 12.3. The number of carboxylic acids is 1. The second-order valence-electron chi connectivity index (χ2n) is 4.85. The molecule has 24 heavy (non-hydrogen) atoms. The van der Waals surface area contributed by atoms with Gasteiger partial charge in [0.1, 0.15) is 17.0 Å². The van der Waals surface area contributed by atoms with Crippen molar-refractivity contribution in [2.45, 2.75) is 11.8 Å². The van der Waals surface area contributed by atoms with E-state index in [-0.39, 0.29) is 10.7 Å². The van der Waals surface area contributed by atoms with Crippen molar-refractivity contribution >= 4 is 21.7 Å². The number of hydrogen-bond donors (Lipinski definition) is 3. The predicted octanol–water partition coefficient (Wildman–Crippen LogP) is 1.87. The Labute approximate surface area is 136 Å². The second-order valence-corrected chi connectivity index (χ2v) is 6.50. The number of nitrogens with one attached hydrogen (secondary N) is 2. The number of carboxylic acid groups (broad SMARTS) is 1. The number of anilines is 1. The molecule has 0 fully saturated rings. The van der Waals surface area contributed by atoms with Crippen molar-refractivity contribution in [1.29, 1.82) is 0 Å². The lowest BCUT2D eigenvalue weighted by Crippen LogP contribution is -2.13. The molecule has 0 saturated carbocycles. The number of nitrogens with zero attached hydrogens (tertiary/aromatic N) is 2. The predicted molar refractivity (Wildman–Crippen MR) is 83.0 cm³/mol. The summed E-state index contributed by atoms with van der Waals surface area (Å²) in [6.45, 7) is 1.38. The fourth-order valence-corrected chi connectivity index (χ4v) is 3.33. The number of rotatable bonds is 5. The Kier molecular flexibility index (Phi) is 3.81. The van der Waals surface area contributed by atoms with Crippen LogP contribution in [0, 0.1) is 6.92 Å². The minimum absolute atomic E-state index is 0.00169. The van der Waals surface area contributed by atoms with E-state index in [1.165, 1.54) is 13.3 Å². The maximum atomic E-state index is 12.4. The van der Waals surface area contributed by atoms with Gasteiger partial charge in [-0.1, -0.05) is 0 Å². The third-order valence-corrected chi connectivity index (χ3v) is 4.69. The molecule has 0 radical (unpaired) electrons. The number of H-pyrrole nitrogens is 1. The first kappa shape index (κ1) is 15.7. The Bertz CT molecular complexity index is 975. The molecular formula is C14H12N4O5S. The normalized spacial score (nSPS) is 11.4. The molecule has 0 amide bonds. The van der Waals surface area contributed by atoms with Gasteiger partial charge in [0.2, 0.25) is 5.76 Å². The maximum absolute atomic E-state index is 12.4. The van der Waals surface area contributed by atoms with E-state index >= 15 is 0 Å². The molecule has 3 rings (SSSR count). The molecule has 3 aromatic rings. The SMILES string of the molecule is Cc1oc(C(=O)O)cc1S(=O)(=O)Nc1ccc(-c2ncn[nH]2)cc1. The molecule has 2 aromatic heterocycles. The fraction of sp³-hybridized carbons (Fsp3) is 0.0714. The Morgan fingerprint density at radius 2 is 2.00 bits per heavy atom. The van der Waals surface area contributed by atoms with Gasteiger partial charge in [-0.25, -0.2) is 18.2 Å². The number of furan rings is 1. The molecule has 124 valence electrons. The molecule has 1 aromatic carbocycles. The summed E-state index contributed by atoms with van der Waals surface area (Å²) >= 11 is 0. The molecule has 0 aliphatic heterocycles. The molecular weight excluding hydrogens is 336 g/mol. The average Bonchev–Trinajstić information content (AvgIpc) is 3.17. The van der Waals surface area contributed by atoms with Crippen LogP contribution in [0.3, 0.4) is 0 Å². The van der Waals surface area contributed by atoms with Gasteiger partial charge in [0.05, 0.1) is 0 Å². The summed E-state index contributed by atoms with van der Waals surface area (Å²) in [6, 6.07) is 7.43. The van der Waals surface area contributed by atoms with Gasteiger partial charge in [0.25, 0.3) is 10.0 Å². The number of sulfonamides is 1. The molecule has 2 heterocycles. The van der Waals surface area contributed by atoms with E-state index in [0.717, 1.165) is 11.6 Å². The van der Waals surface area contributed by atoms with Gasteiger partial charge in [-0.2, -0.15) is 5.10 Å². The number of benzene rings is 1. The maximum Gasteiger partial charge on any atom is 0.371 e. The number of carbonyl (C=O) groups is 1. The van der Waals surface area contributed by atoms with Crippen molar-refractivity contribution in [3.63, 3.8) is 0 Å². The third-order valence-electron chi connectivity index (χ3n) is 3.20. The smallest absolute Gasteiger partial charge is 0.371 e. The van der Waals surface area contributed by atoms with Crippen LogP contribution in [-0.2, 0) is 10.0 Å². The summed E-state index contributed by atoms with van der Waals surface area (Å²) in [7, 11) is -3.97. The number of aryl methyl sites for hydroxylation is 1. The Morgan fingerprint density at radius 3 is 2.54 bits per heavy atom. The van der Waals surface area contributed by atoms with Crippen molar-refractivity contribution < 1.29 is 22.7 Å². The van der Waals surface area contributed by atoms with Gasteiger partial charge in [0.15, 0.2) is 5.82 Å². The van der Waals surface area contributed by atoms with Gasteiger partial charge in [-0.3, -0.25) is 9.82 Å². The lowest BCUT2D eigenvalue weighted by molar-refractivity contribution is 0.0661. The summed E-state index contributed by atoms with van der Waals surface area (Å²) in [4.78, 5) is 14.7. The zero-order chi connectivity index (χ0) is 17.3. The first-order chi connectivity index (χ1) is 11.4. The molecule has 0 unspecified atom stereocenters. The quantitative estimate of drug-likeness (QED) is 0.639. The third kappa shape index (κ3) is 2.99. The molecule has 10 heteroatoms. The topological polar surface area (TPSA) is 138 Å². The van der Waals surface area contributed by atoms with E-state index in [9.17, 15) is 13.2 Å². The highest BCUT2D eigenvalue weighted by Crippen LogP contribution is 2.24. The van der Waals surface area contributed by atoms with Crippen LogP contribution in [0.2, 0.25) is 0 Å². The van der Waals surface area contributed by atoms with E-state index in [1.807, 2.05) is 0 Å². The van der Waals surface area contributed by atoms with Crippen LogP contribution < -0.4 is 4.72 Å². The van der Waals surface area contributed by atoms with E-state index < -0.39 is 21.8 Å². The van der Waals surface area contributed by atoms with E-state index in [4.69, 9.17) is 9.52 Å². The van der Waals surface area contributed by atoms with Gasteiger partial charge < -0.3 is 9.52 Å². The van der Waals surface area contributed by atoms with Gasteiger partial charge in [-0.15, -0.1) is 0 Å². The summed E-state index contributed by atoms with van der Waals surface area (Å²) in [5.41, 5.74) is 1.05. The van der Waals surface area contributed by atoms with Crippen molar-refractivity contribution in [3.8, 4) is 11.4 Å². The van der Waals surface area contributed by atoms with Crippen LogP contribution in [0.15, 0.2) is 46.0 Å². The number of hydrogen-bond acceptors (Lipinski definition) is 6. The Morgan fingerprint density at radius 1 is 1.29 bits per heavy atom. The average molecular weight is 348 g/mol. The molecule has 0 bridgehead atoms. The van der Waals surface area contributed by atoms with Gasteiger partial charge in [0, 0.05) is 17.3 Å². The monoisotopic (exact) mass is 348 g/mol. The second kappa shape index (κ2) is 5.81. The molecule has 0 spiro atoms. The van der Waals surface area contributed by atoms with E-state index in [2.05, 4.69) is 19.9 Å². The van der Waals surface area contributed by atoms with Crippen LogP contribution in [0.5, 0.6) is 0 Å². The lowest BCUT2D eigenvalue weighted by atomic mass is 10.2. The van der Waals surface area contributed by atoms with Crippen molar-refractivity contribution in [2.75, 3.05) is 4.72 Å². The van der Waals surface area contributed by atoms with Crippen LogP contribution in [0.25, 0.3) is 11.4 Å².